The van der Waals surface area contributed by atoms with Crippen LogP contribution in [0.1, 0.15) is 5.56 Å². The molecule has 0 unspecified atom stereocenters. The van der Waals surface area contributed by atoms with Crippen LogP contribution in [-0.2, 0) is 19.6 Å². The highest BCUT2D eigenvalue weighted by molar-refractivity contribution is 8.26. The molecule has 1 fully saturated rings. The van der Waals surface area contributed by atoms with Gasteiger partial charge in [0.25, 0.3) is 5.91 Å². The summed E-state index contributed by atoms with van der Waals surface area (Å²) in [7, 11) is -3.80. The molecule has 0 bridgehead atoms. The molecule has 0 atom stereocenters. The van der Waals surface area contributed by atoms with Crippen molar-refractivity contribution in [2.75, 3.05) is 11.9 Å². The maximum absolute atomic E-state index is 12.6. The molecule has 1 saturated heterocycles. The lowest BCUT2D eigenvalue weighted by Gasteiger charge is -2.14. The minimum absolute atomic E-state index is 0.0616. The lowest BCUT2D eigenvalue weighted by molar-refractivity contribution is -0.126. The Bertz CT molecular complexity index is 1070. The third-order valence-electron chi connectivity index (χ3n) is 3.74. The molecule has 0 radical (unpaired) electrons. The quantitative estimate of drug-likeness (QED) is 0.552. The van der Waals surface area contributed by atoms with E-state index in [9.17, 15) is 18.0 Å². The zero-order chi connectivity index (χ0) is 20.3. The first-order chi connectivity index (χ1) is 13.2. The average molecular weight is 434 g/mol. The van der Waals surface area contributed by atoms with E-state index in [-0.39, 0.29) is 17.3 Å². The SMILES string of the molecule is NS(=O)(=O)c1ccc(NC(=O)CN2C(=O)/C(=C\c3ccccc3)SC2=S)cc1. The van der Waals surface area contributed by atoms with E-state index in [0.717, 1.165) is 17.3 Å². The van der Waals surface area contributed by atoms with Gasteiger partial charge in [0.1, 0.15) is 10.9 Å². The van der Waals surface area contributed by atoms with Crippen LogP contribution in [0, 0.1) is 0 Å². The second-order valence-corrected chi connectivity index (χ2v) is 9.03. The average Bonchev–Trinajstić information content (AvgIpc) is 2.90. The molecule has 10 heteroatoms. The zero-order valence-corrected chi connectivity index (χ0v) is 16.8. The van der Waals surface area contributed by atoms with Crippen molar-refractivity contribution >= 4 is 61.9 Å². The fourth-order valence-corrected chi connectivity index (χ4v) is 4.18. The van der Waals surface area contributed by atoms with Crippen LogP contribution in [0.5, 0.6) is 0 Å². The number of primary sulfonamides is 1. The van der Waals surface area contributed by atoms with Crippen LogP contribution in [0.4, 0.5) is 5.69 Å². The number of nitrogens with one attached hydrogen (secondary N) is 1. The Balaban J connectivity index is 1.66. The van der Waals surface area contributed by atoms with Crippen molar-refractivity contribution in [3.05, 3.63) is 65.1 Å². The van der Waals surface area contributed by atoms with Gasteiger partial charge in [0.05, 0.1) is 9.80 Å². The fourth-order valence-electron chi connectivity index (χ4n) is 2.41. The summed E-state index contributed by atoms with van der Waals surface area (Å²) in [5.74, 6) is -0.792. The third-order valence-corrected chi connectivity index (χ3v) is 6.05. The number of hydrogen-bond donors (Lipinski definition) is 2. The molecule has 144 valence electrons. The number of amides is 2. The van der Waals surface area contributed by atoms with E-state index >= 15 is 0 Å². The number of thioether (sulfide) groups is 1. The van der Waals surface area contributed by atoms with E-state index in [4.69, 9.17) is 17.4 Å². The summed E-state index contributed by atoms with van der Waals surface area (Å²) in [5, 5.41) is 7.63. The van der Waals surface area contributed by atoms with Crippen LogP contribution in [0.15, 0.2) is 64.4 Å². The Hall–Kier alpha value is -2.53. The first kappa shape index (κ1) is 20.2. The fraction of sp³-hybridized carbons (Fsp3) is 0.0556. The Kier molecular flexibility index (Phi) is 5.94. The third kappa shape index (κ3) is 4.84. The van der Waals surface area contributed by atoms with Crippen LogP contribution in [0.3, 0.4) is 0 Å². The number of thiocarbonyl (C=S) groups is 1. The molecule has 0 aromatic heterocycles. The number of anilines is 1. The predicted molar refractivity (Wildman–Crippen MR) is 113 cm³/mol. The highest BCUT2D eigenvalue weighted by Gasteiger charge is 2.33. The lowest BCUT2D eigenvalue weighted by Crippen LogP contribution is -2.36. The minimum atomic E-state index is -3.80. The van der Waals surface area contributed by atoms with Crippen molar-refractivity contribution in [3.63, 3.8) is 0 Å². The van der Waals surface area contributed by atoms with Gasteiger partial charge in [-0.3, -0.25) is 14.5 Å². The molecule has 28 heavy (non-hydrogen) atoms. The number of carbonyl (C=O) groups excluding carboxylic acids is 2. The minimum Gasteiger partial charge on any atom is -0.325 e. The van der Waals surface area contributed by atoms with Gasteiger partial charge in [-0.15, -0.1) is 0 Å². The Morgan fingerprint density at radius 2 is 1.79 bits per heavy atom. The van der Waals surface area contributed by atoms with E-state index in [1.165, 1.54) is 29.2 Å². The van der Waals surface area contributed by atoms with Gasteiger partial charge >= 0.3 is 0 Å². The molecule has 2 amide bonds. The van der Waals surface area contributed by atoms with Gasteiger partial charge in [-0.1, -0.05) is 54.3 Å². The summed E-state index contributed by atoms with van der Waals surface area (Å²) in [6.45, 7) is -0.242. The molecule has 0 spiro atoms. The van der Waals surface area contributed by atoms with Gasteiger partial charge in [0.15, 0.2) is 0 Å². The molecule has 1 aliphatic rings. The summed E-state index contributed by atoms with van der Waals surface area (Å²) in [6.07, 6.45) is 1.73. The standard InChI is InChI=1S/C18H15N3O4S3/c19-28(24,25)14-8-6-13(7-9-14)20-16(22)11-21-17(23)15(27-18(21)26)10-12-4-2-1-3-5-12/h1-10H,11H2,(H,20,22)(H2,19,24,25)/b15-10+. The van der Waals surface area contributed by atoms with Crippen molar-refractivity contribution in [3.8, 4) is 0 Å². The molecule has 3 rings (SSSR count). The van der Waals surface area contributed by atoms with Gasteiger partial charge < -0.3 is 5.32 Å². The molecule has 1 aliphatic heterocycles. The molecule has 0 saturated carbocycles. The van der Waals surface area contributed by atoms with Gasteiger partial charge in [-0.05, 0) is 35.9 Å². The van der Waals surface area contributed by atoms with Gasteiger partial charge in [-0.25, -0.2) is 13.6 Å². The second kappa shape index (κ2) is 8.23. The van der Waals surface area contributed by atoms with Crippen molar-refractivity contribution in [2.24, 2.45) is 5.14 Å². The maximum atomic E-state index is 12.6. The van der Waals surface area contributed by atoms with Gasteiger partial charge in [0.2, 0.25) is 15.9 Å². The molecule has 2 aromatic carbocycles. The number of hydrogen-bond acceptors (Lipinski definition) is 6. The summed E-state index contributed by atoms with van der Waals surface area (Å²) in [4.78, 5) is 26.4. The smallest absolute Gasteiger partial charge is 0.266 e. The molecule has 0 aliphatic carbocycles. The number of rotatable bonds is 5. The first-order valence-electron chi connectivity index (χ1n) is 7.97. The van der Waals surface area contributed by atoms with Crippen molar-refractivity contribution in [2.45, 2.75) is 4.90 Å². The number of benzene rings is 2. The second-order valence-electron chi connectivity index (χ2n) is 5.80. The molecular formula is C18H15N3O4S3. The van der Waals surface area contributed by atoms with E-state index < -0.39 is 15.9 Å². The topological polar surface area (TPSA) is 110 Å². The van der Waals surface area contributed by atoms with E-state index in [1.807, 2.05) is 30.3 Å². The predicted octanol–water partition coefficient (Wildman–Crippen LogP) is 2.17. The van der Waals surface area contributed by atoms with Crippen LogP contribution in [0.25, 0.3) is 6.08 Å². The Morgan fingerprint density at radius 1 is 1.14 bits per heavy atom. The summed E-state index contributed by atoms with van der Waals surface area (Å²) in [5.41, 5.74) is 1.24. The molecule has 7 nitrogen and oxygen atoms in total. The van der Waals surface area contributed by atoms with Crippen molar-refractivity contribution in [1.82, 2.24) is 4.90 Å². The largest absolute Gasteiger partial charge is 0.325 e. The van der Waals surface area contributed by atoms with E-state index in [0.29, 0.717) is 14.9 Å². The number of sulfonamides is 1. The normalized spacial score (nSPS) is 15.9. The number of carbonyl (C=O) groups is 2. The van der Waals surface area contributed by atoms with Crippen molar-refractivity contribution < 1.29 is 18.0 Å². The Morgan fingerprint density at radius 3 is 2.39 bits per heavy atom. The van der Waals surface area contributed by atoms with Gasteiger partial charge in [-0.2, -0.15) is 0 Å². The monoisotopic (exact) mass is 433 g/mol. The highest BCUT2D eigenvalue weighted by atomic mass is 32.2. The number of nitrogens with zero attached hydrogens (tertiary/aromatic N) is 1. The first-order valence-corrected chi connectivity index (χ1v) is 10.7. The number of nitrogens with two attached hydrogens (primary N) is 1. The van der Waals surface area contributed by atoms with E-state index in [1.54, 1.807) is 6.08 Å². The summed E-state index contributed by atoms with van der Waals surface area (Å²) >= 11 is 6.36. The zero-order valence-electron chi connectivity index (χ0n) is 14.4. The van der Waals surface area contributed by atoms with Gasteiger partial charge in [0, 0.05) is 5.69 Å². The van der Waals surface area contributed by atoms with Crippen LogP contribution in [0.2, 0.25) is 0 Å². The van der Waals surface area contributed by atoms with Crippen LogP contribution >= 0.6 is 24.0 Å². The van der Waals surface area contributed by atoms with Crippen molar-refractivity contribution in [1.29, 1.82) is 0 Å². The molecular weight excluding hydrogens is 418 g/mol. The summed E-state index contributed by atoms with van der Waals surface area (Å²) < 4.78 is 22.8. The molecule has 2 aromatic rings. The summed E-state index contributed by atoms with van der Waals surface area (Å²) in [6, 6.07) is 14.7. The lowest BCUT2D eigenvalue weighted by atomic mass is 10.2. The maximum Gasteiger partial charge on any atom is 0.266 e. The highest BCUT2D eigenvalue weighted by Crippen LogP contribution is 2.32. The Labute approximate surface area is 171 Å². The van der Waals surface area contributed by atoms with Crippen LogP contribution < -0.4 is 10.5 Å². The molecule has 1 heterocycles. The van der Waals surface area contributed by atoms with Crippen LogP contribution in [-0.4, -0.2) is 36.0 Å². The molecule has 3 N–H and O–H groups in total. The van der Waals surface area contributed by atoms with E-state index in [2.05, 4.69) is 5.32 Å².